The van der Waals surface area contributed by atoms with Gasteiger partial charge in [0.15, 0.2) is 0 Å². The molecule has 0 heterocycles. The molecule has 2 N–H and O–H groups in total. The Morgan fingerprint density at radius 1 is 1.11 bits per heavy atom. The fraction of sp³-hybridized carbons (Fsp3) is 0.0769. The van der Waals surface area contributed by atoms with Crippen LogP contribution >= 0.6 is 11.6 Å². The van der Waals surface area contributed by atoms with Crippen LogP contribution < -0.4 is 10.2 Å². The Kier molecular flexibility index (Phi) is 4.42. The maximum atomic E-state index is 13.5. The van der Waals surface area contributed by atoms with E-state index < -0.39 is 12.9 Å². The normalized spacial score (nSPS) is 10.3. The summed E-state index contributed by atoms with van der Waals surface area (Å²) in [6.45, 7) is -0.0881. The van der Waals surface area contributed by atoms with E-state index >= 15 is 0 Å². The van der Waals surface area contributed by atoms with Crippen LogP contribution in [0.3, 0.4) is 0 Å². The second-order valence-corrected chi connectivity index (χ2v) is 4.31. The zero-order chi connectivity index (χ0) is 13.8. The predicted molar refractivity (Wildman–Crippen MR) is 72.0 cm³/mol. The first kappa shape index (κ1) is 13.9. The fourth-order valence-electron chi connectivity index (χ4n) is 1.65. The van der Waals surface area contributed by atoms with Gasteiger partial charge in [-0.1, -0.05) is 35.9 Å². The van der Waals surface area contributed by atoms with Crippen LogP contribution in [0, 0.1) is 5.82 Å². The third-order valence-electron chi connectivity index (χ3n) is 2.63. The molecule has 0 radical (unpaired) electrons. The van der Waals surface area contributed by atoms with Crippen molar-refractivity contribution in [2.24, 2.45) is 0 Å². The molecule has 6 heteroatoms. The molecule has 19 heavy (non-hydrogen) atoms. The van der Waals surface area contributed by atoms with Crippen LogP contribution in [0.2, 0.25) is 5.02 Å². The van der Waals surface area contributed by atoms with E-state index in [0.717, 1.165) is 0 Å². The number of hydrogen-bond donors (Lipinski definition) is 2. The van der Waals surface area contributed by atoms with Gasteiger partial charge in [-0.2, -0.15) is 0 Å². The predicted octanol–water partition coefficient (Wildman–Crippen LogP) is 1.74. The van der Waals surface area contributed by atoms with E-state index in [1.807, 2.05) is 0 Å². The lowest BCUT2D eigenvalue weighted by atomic mass is 9.79. The van der Waals surface area contributed by atoms with Crippen molar-refractivity contribution < 1.29 is 19.2 Å². The second kappa shape index (κ2) is 6.06. The Morgan fingerprint density at radius 3 is 2.53 bits per heavy atom. The molecule has 0 unspecified atom stereocenters. The van der Waals surface area contributed by atoms with Crippen molar-refractivity contribution in [1.82, 2.24) is 0 Å². The molecule has 0 saturated carbocycles. The molecule has 2 aromatic carbocycles. The molecule has 2 rings (SSSR count). The Hall–Kier alpha value is -1.56. The van der Waals surface area contributed by atoms with Gasteiger partial charge in [0, 0.05) is 11.0 Å². The maximum Gasteiger partial charge on any atom is 0.492 e. The van der Waals surface area contributed by atoms with Gasteiger partial charge < -0.3 is 14.8 Å². The minimum absolute atomic E-state index is 0.0881. The summed E-state index contributed by atoms with van der Waals surface area (Å²) >= 11 is 5.88. The summed E-state index contributed by atoms with van der Waals surface area (Å²) in [5.74, 6) is -0.189. The highest BCUT2D eigenvalue weighted by Gasteiger charge is 2.17. The molecular formula is C13H11BClFO3. The molecule has 2 aromatic rings. The van der Waals surface area contributed by atoms with Crippen molar-refractivity contribution in [3.8, 4) is 5.75 Å². The van der Waals surface area contributed by atoms with Crippen LogP contribution in [0.15, 0.2) is 42.5 Å². The van der Waals surface area contributed by atoms with Crippen molar-refractivity contribution in [2.75, 3.05) is 0 Å². The van der Waals surface area contributed by atoms with Gasteiger partial charge in [0.1, 0.15) is 18.2 Å². The topological polar surface area (TPSA) is 49.7 Å². The molecule has 98 valence electrons. The molecule has 0 aliphatic rings. The quantitative estimate of drug-likeness (QED) is 0.839. The molecular weight excluding hydrogens is 269 g/mol. The van der Waals surface area contributed by atoms with E-state index in [9.17, 15) is 14.4 Å². The monoisotopic (exact) mass is 280 g/mol. The SMILES string of the molecule is OB(O)c1ccccc1OCc1c(F)cccc1Cl. The highest BCUT2D eigenvalue weighted by Crippen LogP contribution is 2.20. The average Bonchev–Trinajstić information content (AvgIpc) is 2.38. The highest BCUT2D eigenvalue weighted by atomic mass is 35.5. The number of halogens is 2. The molecule has 0 amide bonds. The summed E-state index contributed by atoms with van der Waals surface area (Å²) in [5.41, 5.74) is 0.446. The minimum atomic E-state index is -1.65. The van der Waals surface area contributed by atoms with Gasteiger partial charge in [-0.05, 0) is 18.2 Å². The third kappa shape index (κ3) is 3.26. The summed E-state index contributed by atoms with van der Waals surface area (Å²) in [6.07, 6.45) is 0. The molecule has 0 aliphatic heterocycles. The number of ether oxygens (including phenoxy) is 1. The van der Waals surface area contributed by atoms with Gasteiger partial charge in [-0.15, -0.1) is 0 Å². The molecule has 0 spiro atoms. The zero-order valence-corrected chi connectivity index (χ0v) is 10.6. The molecule has 3 nitrogen and oxygen atoms in total. The van der Waals surface area contributed by atoms with Crippen LogP contribution in [-0.2, 0) is 6.61 Å². The van der Waals surface area contributed by atoms with Crippen molar-refractivity contribution in [1.29, 1.82) is 0 Å². The van der Waals surface area contributed by atoms with E-state index in [1.165, 1.54) is 18.2 Å². The zero-order valence-electron chi connectivity index (χ0n) is 9.88. The smallest absolute Gasteiger partial charge is 0.489 e. The van der Waals surface area contributed by atoms with Crippen molar-refractivity contribution >= 4 is 24.2 Å². The van der Waals surface area contributed by atoms with Crippen molar-refractivity contribution in [3.63, 3.8) is 0 Å². The minimum Gasteiger partial charge on any atom is -0.489 e. The van der Waals surface area contributed by atoms with Gasteiger partial charge in [0.2, 0.25) is 0 Å². The number of rotatable bonds is 4. The Balaban J connectivity index is 2.19. The maximum absolute atomic E-state index is 13.5. The lowest BCUT2D eigenvalue weighted by Gasteiger charge is -2.12. The van der Waals surface area contributed by atoms with Gasteiger partial charge >= 0.3 is 7.12 Å². The first-order valence-corrected chi connectivity index (χ1v) is 5.98. The van der Waals surface area contributed by atoms with E-state index in [2.05, 4.69) is 0 Å². The van der Waals surface area contributed by atoms with E-state index in [0.29, 0.717) is 0 Å². The lowest BCUT2D eigenvalue weighted by molar-refractivity contribution is 0.300. The fourth-order valence-corrected chi connectivity index (χ4v) is 1.86. The second-order valence-electron chi connectivity index (χ2n) is 3.90. The number of benzene rings is 2. The summed E-state index contributed by atoms with van der Waals surface area (Å²) in [7, 11) is -1.65. The Morgan fingerprint density at radius 2 is 1.84 bits per heavy atom. The number of hydrogen-bond acceptors (Lipinski definition) is 3. The third-order valence-corrected chi connectivity index (χ3v) is 2.98. The highest BCUT2D eigenvalue weighted by molar-refractivity contribution is 6.59. The first-order valence-electron chi connectivity index (χ1n) is 5.60. The van der Waals surface area contributed by atoms with Crippen LogP contribution in [0.4, 0.5) is 4.39 Å². The Labute approximate surface area is 115 Å². The Bertz CT molecular complexity index is 557. The van der Waals surface area contributed by atoms with Crippen LogP contribution in [-0.4, -0.2) is 17.2 Å². The van der Waals surface area contributed by atoms with E-state index in [4.69, 9.17) is 16.3 Å². The standard InChI is InChI=1S/C13H11BClFO3/c15-11-5-3-6-12(16)9(11)8-19-13-7-2-1-4-10(13)14(17)18/h1-7,17-18H,8H2. The lowest BCUT2D eigenvalue weighted by Crippen LogP contribution is -2.31. The summed E-state index contributed by atoms with van der Waals surface area (Å²) in [5, 5.41) is 18.6. The first-order chi connectivity index (χ1) is 9.09. The van der Waals surface area contributed by atoms with E-state index in [-0.39, 0.29) is 28.4 Å². The molecule has 0 saturated heterocycles. The van der Waals surface area contributed by atoms with Crippen LogP contribution in [0.5, 0.6) is 5.75 Å². The summed E-state index contributed by atoms with van der Waals surface area (Å²) < 4.78 is 19.0. The van der Waals surface area contributed by atoms with Crippen LogP contribution in [0.1, 0.15) is 5.56 Å². The van der Waals surface area contributed by atoms with Gasteiger partial charge in [0.25, 0.3) is 0 Å². The number of para-hydroxylation sites is 1. The average molecular weight is 280 g/mol. The van der Waals surface area contributed by atoms with Crippen LogP contribution in [0.25, 0.3) is 0 Å². The molecule has 0 atom stereocenters. The molecule has 0 aromatic heterocycles. The molecule has 0 bridgehead atoms. The largest absolute Gasteiger partial charge is 0.492 e. The summed E-state index contributed by atoms with van der Waals surface area (Å²) in [4.78, 5) is 0. The van der Waals surface area contributed by atoms with Crippen molar-refractivity contribution in [2.45, 2.75) is 6.61 Å². The molecule has 0 aliphatic carbocycles. The summed E-state index contributed by atoms with van der Waals surface area (Å²) in [6, 6.07) is 10.8. The van der Waals surface area contributed by atoms with Gasteiger partial charge in [0.05, 0.1) is 5.02 Å². The van der Waals surface area contributed by atoms with Gasteiger partial charge in [-0.25, -0.2) is 4.39 Å². The molecule has 0 fully saturated rings. The van der Waals surface area contributed by atoms with E-state index in [1.54, 1.807) is 24.3 Å². The van der Waals surface area contributed by atoms with Gasteiger partial charge in [-0.3, -0.25) is 0 Å². The van der Waals surface area contributed by atoms with Crippen molar-refractivity contribution in [3.05, 3.63) is 58.9 Å².